The largest absolute Gasteiger partial charge is 0.372 e. The quantitative estimate of drug-likeness (QED) is 0.916. The number of hydrogen-bond donors (Lipinski definition) is 1. The number of benzene rings is 1. The van der Waals surface area contributed by atoms with Crippen molar-refractivity contribution >= 4 is 11.6 Å². The number of nitrogens with one attached hydrogen (secondary N) is 1. The van der Waals surface area contributed by atoms with Gasteiger partial charge in [-0.05, 0) is 43.5 Å². The third-order valence-corrected chi connectivity index (χ3v) is 3.71. The topological polar surface area (TPSA) is 33.1 Å². The molecule has 4 heteroatoms. The zero-order valence-corrected chi connectivity index (χ0v) is 11.3. The second-order valence-electron chi connectivity index (χ2n) is 4.93. The fourth-order valence-corrected chi connectivity index (χ4v) is 2.67. The van der Waals surface area contributed by atoms with E-state index in [9.17, 15) is 0 Å². The van der Waals surface area contributed by atoms with E-state index in [2.05, 4.69) is 44.0 Å². The molecule has 2 aromatic rings. The number of nitrogens with zero attached hydrogens (tertiary/aromatic N) is 3. The van der Waals surface area contributed by atoms with Gasteiger partial charge >= 0.3 is 0 Å². The number of imidazole rings is 1. The van der Waals surface area contributed by atoms with Crippen molar-refractivity contribution in [3.05, 3.63) is 36.7 Å². The van der Waals surface area contributed by atoms with Crippen LogP contribution in [-0.2, 0) is 0 Å². The van der Waals surface area contributed by atoms with Crippen LogP contribution in [-0.4, -0.2) is 29.7 Å². The van der Waals surface area contributed by atoms with Crippen molar-refractivity contribution < 1.29 is 0 Å². The number of rotatable bonds is 3. The van der Waals surface area contributed by atoms with Gasteiger partial charge in [0.15, 0.2) is 0 Å². The maximum absolute atomic E-state index is 4.26. The lowest BCUT2D eigenvalue weighted by Gasteiger charge is -2.28. The van der Waals surface area contributed by atoms with Gasteiger partial charge in [-0.3, -0.25) is 4.57 Å². The molecule has 19 heavy (non-hydrogen) atoms. The Hall–Kier alpha value is -1.97. The average Bonchev–Trinajstić information content (AvgIpc) is 2.97. The first-order chi connectivity index (χ1) is 9.38. The molecule has 1 N–H and O–H groups in total. The Morgan fingerprint density at radius 3 is 2.37 bits per heavy atom. The van der Waals surface area contributed by atoms with Crippen LogP contribution in [0.15, 0.2) is 36.7 Å². The van der Waals surface area contributed by atoms with Gasteiger partial charge in [0, 0.05) is 43.9 Å². The smallest absolute Gasteiger partial charge is 0.207 e. The van der Waals surface area contributed by atoms with E-state index >= 15 is 0 Å². The molecule has 1 aliphatic rings. The Balaban J connectivity index is 1.82. The molecule has 1 aromatic heterocycles. The van der Waals surface area contributed by atoms with Crippen molar-refractivity contribution in [3.8, 4) is 5.69 Å². The lowest BCUT2D eigenvalue weighted by Crippen LogP contribution is -2.29. The van der Waals surface area contributed by atoms with Gasteiger partial charge in [0.1, 0.15) is 0 Å². The molecule has 0 bridgehead atoms. The van der Waals surface area contributed by atoms with Crippen LogP contribution in [0.1, 0.15) is 19.3 Å². The van der Waals surface area contributed by atoms with Crippen molar-refractivity contribution in [3.63, 3.8) is 0 Å². The summed E-state index contributed by atoms with van der Waals surface area (Å²) in [6, 6.07) is 8.74. The van der Waals surface area contributed by atoms with E-state index in [4.69, 9.17) is 0 Å². The average molecular weight is 256 g/mol. The maximum atomic E-state index is 4.26. The molecule has 1 aromatic carbocycles. The highest BCUT2D eigenvalue weighted by Crippen LogP contribution is 2.22. The molecule has 4 nitrogen and oxygen atoms in total. The van der Waals surface area contributed by atoms with Crippen LogP contribution in [0.25, 0.3) is 5.69 Å². The molecule has 0 atom stereocenters. The Kier molecular flexibility index (Phi) is 3.40. The van der Waals surface area contributed by atoms with Crippen molar-refractivity contribution in [2.45, 2.75) is 19.3 Å². The fourth-order valence-electron chi connectivity index (χ4n) is 2.67. The highest BCUT2D eigenvalue weighted by molar-refractivity contribution is 5.52. The summed E-state index contributed by atoms with van der Waals surface area (Å²) in [6.45, 7) is 2.37. The van der Waals surface area contributed by atoms with Crippen molar-refractivity contribution in [2.75, 3.05) is 30.4 Å². The highest BCUT2D eigenvalue weighted by Gasteiger charge is 2.11. The Morgan fingerprint density at radius 2 is 1.68 bits per heavy atom. The molecule has 0 unspecified atom stereocenters. The molecular formula is C15H20N4. The Morgan fingerprint density at radius 1 is 1.00 bits per heavy atom. The number of anilines is 2. The minimum Gasteiger partial charge on any atom is -0.372 e. The van der Waals surface area contributed by atoms with Crippen LogP contribution in [0.3, 0.4) is 0 Å². The normalized spacial score (nSPS) is 15.5. The van der Waals surface area contributed by atoms with Crippen LogP contribution < -0.4 is 10.2 Å². The number of aromatic nitrogens is 2. The summed E-state index contributed by atoms with van der Waals surface area (Å²) in [5.74, 6) is 0.866. The van der Waals surface area contributed by atoms with Crippen molar-refractivity contribution in [1.82, 2.24) is 9.55 Å². The van der Waals surface area contributed by atoms with E-state index < -0.39 is 0 Å². The fraction of sp³-hybridized carbons (Fsp3) is 0.400. The molecular weight excluding hydrogens is 236 g/mol. The lowest BCUT2D eigenvalue weighted by atomic mass is 10.1. The molecule has 0 radical (unpaired) electrons. The van der Waals surface area contributed by atoms with Crippen LogP contribution in [0, 0.1) is 0 Å². The lowest BCUT2D eigenvalue weighted by molar-refractivity contribution is 0.578. The number of hydrogen-bond acceptors (Lipinski definition) is 3. The summed E-state index contributed by atoms with van der Waals surface area (Å²) < 4.78 is 2.06. The standard InChI is InChI=1S/C15H20N4/c1-16-15-17-9-12-19(15)14-7-5-13(6-8-14)18-10-3-2-4-11-18/h5-9,12H,2-4,10-11H2,1H3,(H,16,17). The van der Waals surface area contributed by atoms with Gasteiger partial charge < -0.3 is 10.2 Å². The van der Waals surface area contributed by atoms with Crippen LogP contribution in [0.4, 0.5) is 11.6 Å². The molecule has 0 amide bonds. The molecule has 0 saturated carbocycles. The van der Waals surface area contributed by atoms with Gasteiger partial charge in [0.2, 0.25) is 5.95 Å². The molecule has 0 spiro atoms. The Bertz CT molecular complexity index is 523. The van der Waals surface area contributed by atoms with E-state index in [0.29, 0.717) is 0 Å². The summed E-state index contributed by atoms with van der Waals surface area (Å²) >= 11 is 0. The number of piperidine rings is 1. The SMILES string of the molecule is CNc1nccn1-c1ccc(N2CCCCC2)cc1. The molecule has 100 valence electrons. The van der Waals surface area contributed by atoms with Crippen LogP contribution >= 0.6 is 0 Å². The van der Waals surface area contributed by atoms with E-state index in [0.717, 1.165) is 11.6 Å². The first-order valence-corrected chi connectivity index (χ1v) is 6.95. The summed E-state index contributed by atoms with van der Waals surface area (Å²) in [5, 5.41) is 3.09. The summed E-state index contributed by atoms with van der Waals surface area (Å²) in [6.07, 6.45) is 7.78. The van der Waals surface area contributed by atoms with E-state index in [-0.39, 0.29) is 0 Å². The molecule has 1 fully saturated rings. The van der Waals surface area contributed by atoms with E-state index in [1.165, 1.54) is 38.0 Å². The van der Waals surface area contributed by atoms with Gasteiger partial charge in [-0.2, -0.15) is 0 Å². The third kappa shape index (κ3) is 2.43. The zero-order valence-electron chi connectivity index (χ0n) is 11.3. The monoisotopic (exact) mass is 256 g/mol. The maximum Gasteiger partial charge on any atom is 0.207 e. The predicted octanol–water partition coefficient (Wildman–Crippen LogP) is 2.90. The molecule has 1 aliphatic heterocycles. The molecule has 0 aliphatic carbocycles. The van der Waals surface area contributed by atoms with E-state index in [1.807, 2.05) is 19.4 Å². The first kappa shape index (κ1) is 12.1. The first-order valence-electron chi connectivity index (χ1n) is 6.95. The molecule has 1 saturated heterocycles. The Labute approximate surface area is 114 Å². The van der Waals surface area contributed by atoms with Gasteiger partial charge in [-0.25, -0.2) is 4.98 Å². The zero-order chi connectivity index (χ0) is 13.1. The second-order valence-corrected chi connectivity index (χ2v) is 4.93. The van der Waals surface area contributed by atoms with Crippen molar-refractivity contribution in [1.29, 1.82) is 0 Å². The van der Waals surface area contributed by atoms with Crippen LogP contribution in [0.5, 0.6) is 0 Å². The van der Waals surface area contributed by atoms with E-state index in [1.54, 1.807) is 0 Å². The predicted molar refractivity (Wildman–Crippen MR) is 79.2 cm³/mol. The van der Waals surface area contributed by atoms with Gasteiger partial charge in [-0.15, -0.1) is 0 Å². The van der Waals surface area contributed by atoms with Crippen LogP contribution in [0.2, 0.25) is 0 Å². The molecule has 3 rings (SSSR count). The molecule has 2 heterocycles. The highest BCUT2D eigenvalue weighted by atomic mass is 15.2. The summed E-state index contributed by atoms with van der Waals surface area (Å²) in [7, 11) is 1.89. The second kappa shape index (κ2) is 5.34. The minimum atomic E-state index is 0.866. The van der Waals surface area contributed by atoms with Gasteiger partial charge in [0.25, 0.3) is 0 Å². The van der Waals surface area contributed by atoms with Gasteiger partial charge in [-0.1, -0.05) is 0 Å². The third-order valence-electron chi connectivity index (χ3n) is 3.71. The van der Waals surface area contributed by atoms with Gasteiger partial charge in [0.05, 0.1) is 0 Å². The summed E-state index contributed by atoms with van der Waals surface area (Å²) in [4.78, 5) is 6.74. The summed E-state index contributed by atoms with van der Waals surface area (Å²) in [5.41, 5.74) is 2.47. The minimum absolute atomic E-state index is 0.866. The van der Waals surface area contributed by atoms with Crippen molar-refractivity contribution in [2.24, 2.45) is 0 Å².